The molecule has 1 N–H and O–H groups in total. The molecule has 0 heterocycles. The first kappa shape index (κ1) is 16.3. The van der Waals surface area contributed by atoms with Crippen LogP contribution in [0.1, 0.15) is 33.6 Å². The Kier molecular flexibility index (Phi) is 6.66. The summed E-state index contributed by atoms with van der Waals surface area (Å²) in [5.74, 6) is -1.00. The number of aliphatic carboxylic acids is 1. The third-order valence-electron chi connectivity index (χ3n) is 2.35. The van der Waals surface area contributed by atoms with E-state index in [1.807, 2.05) is 6.92 Å². The van der Waals surface area contributed by atoms with E-state index >= 15 is 0 Å². The van der Waals surface area contributed by atoms with E-state index in [1.165, 1.54) is 11.4 Å². The minimum absolute atomic E-state index is 0.00932. The van der Waals surface area contributed by atoms with Crippen LogP contribution < -0.4 is 0 Å². The van der Waals surface area contributed by atoms with E-state index in [1.54, 1.807) is 13.8 Å². The summed E-state index contributed by atoms with van der Waals surface area (Å²) in [7, 11) is -2.15. The van der Waals surface area contributed by atoms with Gasteiger partial charge in [0.1, 0.15) is 0 Å². The molecule has 17 heavy (non-hydrogen) atoms. The third kappa shape index (κ3) is 5.01. The van der Waals surface area contributed by atoms with Crippen molar-refractivity contribution in [2.24, 2.45) is 0 Å². The van der Waals surface area contributed by atoms with Gasteiger partial charge in [-0.1, -0.05) is 6.92 Å². The summed E-state index contributed by atoms with van der Waals surface area (Å²) < 4.78 is 26.7. The van der Waals surface area contributed by atoms with Gasteiger partial charge in [0, 0.05) is 26.2 Å². The van der Waals surface area contributed by atoms with Crippen LogP contribution in [0.3, 0.4) is 0 Å². The van der Waals surface area contributed by atoms with Crippen LogP contribution in [0, 0.1) is 0 Å². The Bertz CT molecular complexity index is 340. The molecular formula is C10H22N2O4S. The number of hydrogen-bond acceptors (Lipinski definition) is 3. The summed E-state index contributed by atoms with van der Waals surface area (Å²) in [6.45, 7) is 5.95. The molecule has 0 amide bonds. The Morgan fingerprint density at radius 1 is 1.29 bits per heavy atom. The molecule has 0 bridgehead atoms. The van der Waals surface area contributed by atoms with Gasteiger partial charge in [0.25, 0.3) is 10.2 Å². The lowest BCUT2D eigenvalue weighted by Gasteiger charge is -2.29. The normalized spacial score (nSPS) is 12.6. The first-order valence-corrected chi connectivity index (χ1v) is 7.08. The maximum Gasteiger partial charge on any atom is 0.304 e. The van der Waals surface area contributed by atoms with Crippen molar-refractivity contribution in [1.82, 2.24) is 8.61 Å². The predicted molar refractivity (Wildman–Crippen MR) is 65.9 cm³/mol. The molecule has 6 nitrogen and oxygen atoms in total. The second kappa shape index (κ2) is 6.93. The van der Waals surface area contributed by atoms with Gasteiger partial charge >= 0.3 is 5.97 Å². The van der Waals surface area contributed by atoms with E-state index in [0.29, 0.717) is 6.54 Å². The van der Waals surface area contributed by atoms with Gasteiger partial charge < -0.3 is 5.11 Å². The molecule has 0 aromatic rings. The lowest BCUT2D eigenvalue weighted by Crippen LogP contribution is -2.46. The molecule has 102 valence electrons. The van der Waals surface area contributed by atoms with Crippen molar-refractivity contribution in [2.75, 3.05) is 20.1 Å². The summed E-state index contributed by atoms with van der Waals surface area (Å²) in [6, 6.07) is -0.132. The number of carboxylic acids is 1. The first-order chi connectivity index (χ1) is 7.73. The fourth-order valence-corrected chi connectivity index (χ4v) is 3.03. The Labute approximate surface area is 103 Å². The van der Waals surface area contributed by atoms with Crippen molar-refractivity contribution in [3.63, 3.8) is 0 Å². The standard InChI is InChI=1S/C10H22N2O4S/c1-5-7-12(9(2)3)17(15,16)11(4)8-6-10(13)14/h9H,5-8H2,1-4H3,(H,13,14). The summed E-state index contributed by atoms with van der Waals surface area (Å²) in [6.07, 6.45) is 0.540. The molecular weight excluding hydrogens is 244 g/mol. The number of carbonyl (C=O) groups is 1. The molecule has 0 atom stereocenters. The van der Waals surface area contributed by atoms with E-state index in [2.05, 4.69) is 0 Å². The van der Waals surface area contributed by atoms with Crippen molar-refractivity contribution < 1.29 is 18.3 Å². The molecule has 0 unspecified atom stereocenters. The summed E-state index contributed by atoms with van der Waals surface area (Å²) in [5.41, 5.74) is 0. The van der Waals surface area contributed by atoms with Crippen molar-refractivity contribution >= 4 is 16.2 Å². The highest BCUT2D eigenvalue weighted by Gasteiger charge is 2.28. The second-order valence-corrected chi connectivity index (χ2v) is 6.17. The lowest BCUT2D eigenvalue weighted by atomic mass is 10.4. The molecule has 0 aliphatic carbocycles. The van der Waals surface area contributed by atoms with Crippen LogP contribution in [-0.2, 0) is 15.0 Å². The van der Waals surface area contributed by atoms with Crippen LogP contribution in [0.15, 0.2) is 0 Å². The van der Waals surface area contributed by atoms with Crippen LogP contribution in [-0.4, -0.2) is 54.3 Å². The zero-order valence-corrected chi connectivity index (χ0v) is 11.7. The molecule has 0 radical (unpaired) electrons. The van der Waals surface area contributed by atoms with Crippen molar-refractivity contribution in [3.8, 4) is 0 Å². The first-order valence-electron chi connectivity index (χ1n) is 5.68. The van der Waals surface area contributed by atoms with Crippen LogP contribution in [0.5, 0.6) is 0 Å². The van der Waals surface area contributed by atoms with Gasteiger partial charge in [-0.2, -0.15) is 17.0 Å². The number of rotatable bonds is 8. The molecule has 0 spiro atoms. The quantitative estimate of drug-likeness (QED) is 0.703. The third-order valence-corrected chi connectivity index (χ3v) is 4.52. The molecule has 0 aromatic carbocycles. The summed E-state index contributed by atoms with van der Waals surface area (Å²) >= 11 is 0. The van der Waals surface area contributed by atoms with Gasteiger partial charge in [-0.3, -0.25) is 4.79 Å². The largest absolute Gasteiger partial charge is 0.481 e. The highest BCUT2D eigenvalue weighted by atomic mass is 32.2. The Hall–Kier alpha value is -0.660. The maximum absolute atomic E-state index is 12.1. The maximum atomic E-state index is 12.1. The summed E-state index contributed by atoms with van der Waals surface area (Å²) in [5, 5.41) is 8.54. The molecule has 0 rings (SSSR count). The minimum atomic E-state index is -3.55. The van der Waals surface area contributed by atoms with E-state index in [4.69, 9.17) is 5.11 Å². The summed E-state index contributed by atoms with van der Waals surface area (Å²) in [4.78, 5) is 10.4. The topological polar surface area (TPSA) is 77.9 Å². The Morgan fingerprint density at radius 3 is 2.18 bits per heavy atom. The number of carboxylic acid groups (broad SMARTS) is 1. The van der Waals surface area contributed by atoms with Crippen LogP contribution >= 0.6 is 0 Å². The van der Waals surface area contributed by atoms with Gasteiger partial charge in [-0.25, -0.2) is 0 Å². The van der Waals surface area contributed by atoms with Crippen molar-refractivity contribution in [3.05, 3.63) is 0 Å². The molecule has 0 fully saturated rings. The fraction of sp³-hybridized carbons (Fsp3) is 0.900. The van der Waals surface area contributed by atoms with Gasteiger partial charge in [-0.15, -0.1) is 0 Å². The molecule has 7 heteroatoms. The Morgan fingerprint density at radius 2 is 1.82 bits per heavy atom. The molecule has 0 saturated heterocycles. The zero-order valence-electron chi connectivity index (χ0n) is 10.9. The monoisotopic (exact) mass is 266 g/mol. The van der Waals surface area contributed by atoms with Gasteiger partial charge in [0.05, 0.1) is 6.42 Å². The highest BCUT2D eigenvalue weighted by Crippen LogP contribution is 2.12. The second-order valence-electron chi connectivity index (χ2n) is 4.18. The smallest absolute Gasteiger partial charge is 0.304 e. The van der Waals surface area contributed by atoms with E-state index in [9.17, 15) is 13.2 Å². The van der Waals surface area contributed by atoms with E-state index in [-0.39, 0.29) is 19.0 Å². The van der Waals surface area contributed by atoms with Crippen LogP contribution in [0.25, 0.3) is 0 Å². The molecule has 0 aliphatic rings. The average molecular weight is 266 g/mol. The van der Waals surface area contributed by atoms with E-state index < -0.39 is 16.2 Å². The van der Waals surface area contributed by atoms with E-state index in [0.717, 1.165) is 10.7 Å². The molecule has 0 aromatic heterocycles. The average Bonchev–Trinajstić information content (AvgIpc) is 2.21. The van der Waals surface area contributed by atoms with Crippen molar-refractivity contribution in [2.45, 2.75) is 39.7 Å². The Balaban J connectivity index is 4.76. The SMILES string of the molecule is CCCN(C(C)C)S(=O)(=O)N(C)CCC(=O)O. The molecule has 0 aliphatic heterocycles. The highest BCUT2D eigenvalue weighted by molar-refractivity contribution is 7.86. The minimum Gasteiger partial charge on any atom is -0.481 e. The predicted octanol–water partition coefficient (Wildman–Crippen LogP) is 0.758. The van der Waals surface area contributed by atoms with Gasteiger partial charge in [0.15, 0.2) is 0 Å². The lowest BCUT2D eigenvalue weighted by molar-refractivity contribution is -0.137. The van der Waals surface area contributed by atoms with Crippen LogP contribution in [0.4, 0.5) is 0 Å². The van der Waals surface area contributed by atoms with Crippen molar-refractivity contribution in [1.29, 1.82) is 0 Å². The van der Waals surface area contributed by atoms with Gasteiger partial charge in [0.2, 0.25) is 0 Å². The number of hydrogen-bond donors (Lipinski definition) is 1. The van der Waals surface area contributed by atoms with Gasteiger partial charge in [-0.05, 0) is 20.3 Å². The number of nitrogens with zero attached hydrogens (tertiary/aromatic N) is 2. The van der Waals surface area contributed by atoms with Crippen LogP contribution in [0.2, 0.25) is 0 Å². The molecule has 0 saturated carbocycles. The zero-order chi connectivity index (χ0) is 13.6. The fourth-order valence-electron chi connectivity index (χ4n) is 1.41.